The molecule has 1 aliphatic rings. The normalized spacial score (nSPS) is 13.3. The summed E-state index contributed by atoms with van der Waals surface area (Å²) >= 11 is 0. The highest BCUT2D eigenvalue weighted by atomic mass is 14.7. The maximum Gasteiger partial charge on any atom is 0.0713 e. The summed E-state index contributed by atoms with van der Waals surface area (Å²) in [6.07, 6.45) is 4.08. The number of rotatable bonds is 6. The van der Waals surface area contributed by atoms with E-state index in [4.69, 9.17) is 9.98 Å². The summed E-state index contributed by atoms with van der Waals surface area (Å²) < 4.78 is 0. The molecule has 0 amide bonds. The van der Waals surface area contributed by atoms with E-state index in [9.17, 15) is 0 Å². The molecule has 0 heterocycles. The van der Waals surface area contributed by atoms with Gasteiger partial charge in [-0.05, 0) is 113 Å². The fourth-order valence-corrected chi connectivity index (χ4v) is 9.27. The molecule has 0 bridgehead atoms. The van der Waals surface area contributed by atoms with Crippen LogP contribution in [0.3, 0.4) is 0 Å². The molecule has 0 saturated carbocycles. The van der Waals surface area contributed by atoms with E-state index in [1.165, 1.54) is 76.5 Å². The van der Waals surface area contributed by atoms with Crippen molar-refractivity contribution in [1.82, 2.24) is 0 Å². The first-order chi connectivity index (χ1) is 28.3. The smallest absolute Gasteiger partial charge is 0.0713 e. The van der Waals surface area contributed by atoms with E-state index in [-0.39, 0.29) is 0 Å². The molecule has 10 aromatic rings. The lowest BCUT2D eigenvalue weighted by atomic mass is 9.67. The van der Waals surface area contributed by atoms with Gasteiger partial charge < -0.3 is 0 Å². The van der Waals surface area contributed by atoms with E-state index < -0.39 is 5.41 Å². The van der Waals surface area contributed by atoms with E-state index in [0.717, 1.165) is 22.5 Å². The van der Waals surface area contributed by atoms with Gasteiger partial charge in [0.1, 0.15) is 0 Å². The molecule has 266 valence electrons. The molecule has 0 atom stereocenters. The quantitative estimate of drug-likeness (QED) is 0.120. The first-order valence-corrected chi connectivity index (χ1v) is 19.6. The average molecular weight is 725 g/mol. The van der Waals surface area contributed by atoms with Crippen LogP contribution in [-0.2, 0) is 5.41 Å². The van der Waals surface area contributed by atoms with Gasteiger partial charge in [0.15, 0.2) is 0 Å². The summed E-state index contributed by atoms with van der Waals surface area (Å²) in [5, 5.41) is 9.67. The van der Waals surface area contributed by atoms with Gasteiger partial charge in [-0.15, -0.1) is 0 Å². The lowest BCUT2D eigenvalue weighted by molar-refractivity contribution is 0.768. The molecule has 11 rings (SSSR count). The van der Waals surface area contributed by atoms with Gasteiger partial charge in [0.05, 0.1) is 16.8 Å². The van der Waals surface area contributed by atoms with Crippen molar-refractivity contribution in [1.29, 1.82) is 0 Å². The van der Waals surface area contributed by atoms with Gasteiger partial charge in [-0.25, -0.2) is 0 Å². The number of benzene rings is 10. The Labute approximate surface area is 331 Å². The minimum atomic E-state index is -0.519. The SMILES string of the molecule is C(=Nc1ccc(C2(c3ccc(N=Cc4c5ccccc5cc5ccccc45)cc3)c3ccccc3-c3ccccc32)cc1)c1c2ccccc2cc2ccccc12. The van der Waals surface area contributed by atoms with E-state index >= 15 is 0 Å². The molecule has 0 saturated heterocycles. The van der Waals surface area contributed by atoms with Gasteiger partial charge in [0.2, 0.25) is 0 Å². The first kappa shape index (κ1) is 33.0. The summed E-state index contributed by atoms with van der Waals surface area (Å²) in [6.45, 7) is 0. The average Bonchev–Trinajstić information content (AvgIpc) is 3.58. The molecule has 0 unspecified atom stereocenters. The van der Waals surface area contributed by atoms with Gasteiger partial charge in [0.25, 0.3) is 0 Å². The number of hydrogen-bond acceptors (Lipinski definition) is 2. The Bertz CT molecular complexity index is 2900. The zero-order chi connectivity index (χ0) is 37.8. The zero-order valence-corrected chi connectivity index (χ0v) is 31.2. The molecule has 2 heteroatoms. The van der Waals surface area contributed by atoms with Crippen molar-refractivity contribution in [3.63, 3.8) is 0 Å². The number of hydrogen-bond donors (Lipinski definition) is 0. The highest BCUT2D eigenvalue weighted by molar-refractivity contribution is 6.15. The molecule has 2 nitrogen and oxygen atoms in total. The summed E-state index contributed by atoms with van der Waals surface area (Å²) in [5.41, 5.74) is 11.1. The second-order valence-corrected chi connectivity index (χ2v) is 14.9. The van der Waals surface area contributed by atoms with Gasteiger partial charge in [0, 0.05) is 23.6 Å². The Hall–Kier alpha value is -7.42. The van der Waals surface area contributed by atoms with Crippen LogP contribution in [-0.4, -0.2) is 12.4 Å². The van der Waals surface area contributed by atoms with Gasteiger partial charge >= 0.3 is 0 Å². The maximum atomic E-state index is 5.08. The molecule has 0 radical (unpaired) electrons. The minimum absolute atomic E-state index is 0.519. The van der Waals surface area contributed by atoms with Crippen LogP contribution in [0.25, 0.3) is 54.2 Å². The van der Waals surface area contributed by atoms with Gasteiger partial charge in [-0.2, -0.15) is 0 Å². The fraction of sp³-hybridized carbons (Fsp3) is 0.0182. The highest BCUT2D eigenvalue weighted by Crippen LogP contribution is 2.56. The second kappa shape index (κ2) is 13.4. The van der Waals surface area contributed by atoms with Crippen molar-refractivity contribution >= 4 is 66.9 Å². The monoisotopic (exact) mass is 724 g/mol. The van der Waals surface area contributed by atoms with Crippen molar-refractivity contribution < 1.29 is 0 Å². The summed E-state index contributed by atoms with van der Waals surface area (Å²) in [4.78, 5) is 10.2. The minimum Gasteiger partial charge on any atom is -0.256 e. The highest BCUT2D eigenvalue weighted by Gasteiger charge is 2.45. The Kier molecular flexibility index (Phi) is 7.75. The third-order valence-electron chi connectivity index (χ3n) is 11.9. The van der Waals surface area contributed by atoms with Crippen LogP contribution >= 0.6 is 0 Å². The van der Waals surface area contributed by atoms with E-state index in [0.29, 0.717) is 0 Å². The number of aliphatic imine (C=N–C) groups is 2. The van der Waals surface area contributed by atoms with E-state index in [1.54, 1.807) is 0 Å². The van der Waals surface area contributed by atoms with Crippen molar-refractivity contribution in [3.8, 4) is 11.1 Å². The van der Waals surface area contributed by atoms with Crippen LogP contribution in [0.4, 0.5) is 11.4 Å². The largest absolute Gasteiger partial charge is 0.256 e. The molecule has 0 spiro atoms. The Morgan fingerprint density at radius 3 is 1.00 bits per heavy atom. The molecule has 0 N–H and O–H groups in total. The summed E-state index contributed by atoms with van der Waals surface area (Å²) in [6, 6.07) is 74.3. The van der Waals surface area contributed by atoms with Gasteiger partial charge in [-0.1, -0.05) is 170 Å². The Balaban J connectivity index is 1.01. The van der Waals surface area contributed by atoms with E-state index in [1.807, 2.05) is 12.4 Å². The van der Waals surface area contributed by atoms with Crippen LogP contribution in [0.15, 0.2) is 216 Å². The van der Waals surface area contributed by atoms with E-state index in [2.05, 4.69) is 206 Å². The lowest BCUT2D eigenvalue weighted by Crippen LogP contribution is -2.28. The Morgan fingerprint density at radius 2 is 0.632 bits per heavy atom. The first-order valence-electron chi connectivity index (χ1n) is 19.6. The topological polar surface area (TPSA) is 24.7 Å². The van der Waals surface area contributed by atoms with Gasteiger partial charge in [-0.3, -0.25) is 9.98 Å². The molecule has 0 fully saturated rings. The lowest BCUT2D eigenvalue weighted by Gasteiger charge is -2.34. The third kappa shape index (κ3) is 5.33. The van der Waals surface area contributed by atoms with Crippen LogP contribution in [0.1, 0.15) is 33.4 Å². The van der Waals surface area contributed by atoms with Crippen molar-refractivity contribution in [2.45, 2.75) is 5.41 Å². The molecule has 57 heavy (non-hydrogen) atoms. The molecule has 0 aliphatic heterocycles. The Morgan fingerprint density at radius 1 is 0.316 bits per heavy atom. The maximum absolute atomic E-state index is 5.08. The molecule has 1 aliphatic carbocycles. The second-order valence-electron chi connectivity index (χ2n) is 14.9. The predicted molar refractivity (Wildman–Crippen MR) is 241 cm³/mol. The third-order valence-corrected chi connectivity index (χ3v) is 11.9. The standard InChI is InChI=1S/C55H36N2/c1-5-17-45-37(13-1)33-38-14-2-6-18-46(38)51(45)35-56-43-29-25-41(26-30-43)55(53-23-11-9-21-49(53)50-22-10-12-24-54(50)55)42-27-31-44(32-28-42)57-36-52-47-19-7-3-15-39(47)34-40-16-4-8-20-48(40)52/h1-36H. The van der Waals surface area contributed by atoms with Crippen LogP contribution < -0.4 is 0 Å². The zero-order valence-electron chi connectivity index (χ0n) is 31.2. The summed E-state index contributed by atoms with van der Waals surface area (Å²) in [7, 11) is 0. The van der Waals surface area contributed by atoms with Crippen molar-refractivity contribution in [3.05, 3.63) is 240 Å². The number of nitrogens with zero attached hydrogens (tertiary/aromatic N) is 2. The molecule has 0 aromatic heterocycles. The molecule has 10 aromatic carbocycles. The number of fused-ring (bicyclic) bond motifs is 7. The van der Waals surface area contributed by atoms with Crippen LogP contribution in [0, 0.1) is 0 Å². The molecular formula is C55H36N2. The van der Waals surface area contributed by atoms with Crippen molar-refractivity contribution in [2.24, 2.45) is 9.98 Å². The predicted octanol–water partition coefficient (Wildman–Crippen LogP) is 14.2. The fourth-order valence-electron chi connectivity index (χ4n) is 9.27. The van der Waals surface area contributed by atoms with Crippen LogP contribution in [0.2, 0.25) is 0 Å². The van der Waals surface area contributed by atoms with Crippen LogP contribution in [0.5, 0.6) is 0 Å². The van der Waals surface area contributed by atoms with Crippen molar-refractivity contribution in [2.75, 3.05) is 0 Å². The molecular weight excluding hydrogens is 689 g/mol. The summed E-state index contributed by atoms with van der Waals surface area (Å²) in [5.74, 6) is 0.